The van der Waals surface area contributed by atoms with E-state index in [0.29, 0.717) is 12.0 Å². The van der Waals surface area contributed by atoms with E-state index in [0.717, 1.165) is 26.2 Å². The van der Waals surface area contributed by atoms with Crippen molar-refractivity contribution in [3.05, 3.63) is 0 Å². The molecule has 0 saturated heterocycles. The number of nitrogens with two attached hydrogens (primary N) is 1. The van der Waals surface area contributed by atoms with Crippen molar-refractivity contribution in [1.29, 1.82) is 0 Å². The molecule has 2 N–H and O–H groups in total. The van der Waals surface area contributed by atoms with Gasteiger partial charge in [0, 0.05) is 12.6 Å². The molecule has 0 saturated carbocycles. The number of likely N-dealkylation sites (N-methyl/N-ethyl adjacent to an activating group) is 1. The largest absolute Gasteiger partial charge is 0.329 e. The highest BCUT2D eigenvalue weighted by Crippen LogP contribution is 2.14. The zero-order valence-corrected chi connectivity index (χ0v) is 13.3. The van der Waals surface area contributed by atoms with Gasteiger partial charge in [0.05, 0.1) is 0 Å². The van der Waals surface area contributed by atoms with E-state index in [1.165, 1.54) is 25.9 Å². The van der Waals surface area contributed by atoms with Crippen LogP contribution in [0, 0.1) is 5.92 Å². The van der Waals surface area contributed by atoms with E-state index in [-0.39, 0.29) is 0 Å². The Morgan fingerprint density at radius 3 is 1.94 bits per heavy atom. The van der Waals surface area contributed by atoms with Crippen LogP contribution in [0.3, 0.4) is 0 Å². The highest BCUT2D eigenvalue weighted by Gasteiger charge is 2.20. The van der Waals surface area contributed by atoms with E-state index in [2.05, 4.69) is 44.4 Å². The van der Waals surface area contributed by atoms with Crippen molar-refractivity contribution >= 4 is 0 Å². The molecule has 0 rings (SSSR count). The van der Waals surface area contributed by atoms with Crippen LogP contribution in [0.5, 0.6) is 0 Å². The van der Waals surface area contributed by atoms with Gasteiger partial charge in [0.1, 0.15) is 0 Å². The second kappa shape index (κ2) is 10.8. The summed E-state index contributed by atoms with van der Waals surface area (Å²) in [7, 11) is 0. The van der Waals surface area contributed by atoms with Gasteiger partial charge in [-0.3, -0.25) is 4.90 Å². The van der Waals surface area contributed by atoms with Gasteiger partial charge in [-0.25, -0.2) is 0 Å². The Hall–Kier alpha value is -0.120. The predicted molar refractivity (Wildman–Crippen MR) is 81.9 cm³/mol. The van der Waals surface area contributed by atoms with Crippen LogP contribution in [0.1, 0.15) is 47.5 Å². The summed E-state index contributed by atoms with van der Waals surface area (Å²) in [5, 5.41) is 0. The molecule has 18 heavy (non-hydrogen) atoms. The van der Waals surface area contributed by atoms with Gasteiger partial charge in [0.25, 0.3) is 0 Å². The first-order chi connectivity index (χ1) is 8.64. The van der Waals surface area contributed by atoms with Gasteiger partial charge in [-0.1, -0.05) is 41.0 Å². The lowest BCUT2D eigenvalue weighted by molar-refractivity contribution is 0.148. The lowest BCUT2D eigenvalue weighted by Gasteiger charge is -2.34. The molecule has 0 spiro atoms. The van der Waals surface area contributed by atoms with Crippen LogP contribution in [0.15, 0.2) is 0 Å². The highest BCUT2D eigenvalue weighted by molar-refractivity contribution is 4.77. The molecular formula is C15H35N3. The summed E-state index contributed by atoms with van der Waals surface area (Å²) >= 11 is 0. The fourth-order valence-corrected chi connectivity index (χ4v) is 2.61. The molecule has 3 heteroatoms. The van der Waals surface area contributed by atoms with E-state index in [1.807, 2.05) is 0 Å². The Balaban J connectivity index is 4.15. The lowest BCUT2D eigenvalue weighted by Crippen LogP contribution is -2.45. The Labute approximate surface area is 115 Å². The van der Waals surface area contributed by atoms with E-state index in [4.69, 9.17) is 5.73 Å². The maximum absolute atomic E-state index is 5.96. The van der Waals surface area contributed by atoms with Crippen LogP contribution >= 0.6 is 0 Å². The van der Waals surface area contributed by atoms with E-state index >= 15 is 0 Å². The van der Waals surface area contributed by atoms with Crippen molar-refractivity contribution in [2.45, 2.75) is 53.5 Å². The third kappa shape index (κ3) is 6.17. The molecule has 0 amide bonds. The summed E-state index contributed by atoms with van der Waals surface area (Å²) in [4.78, 5) is 5.06. The first-order valence-corrected chi connectivity index (χ1v) is 7.80. The Bertz CT molecular complexity index is 181. The monoisotopic (exact) mass is 257 g/mol. The Morgan fingerprint density at radius 1 is 0.944 bits per heavy atom. The molecular weight excluding hydrogens is 222 g/mol. The fraction of sp³-hybridized carbons (Fsp3) is 1.00. The molecule has 0 aromatic rings. The molecule has 0 radical (unpaired) electrons. The van der Waals surface area contributed by atoms with Gasteiger partial charge in [-0.2, -0.15) is 0 Å². The molecule has 2 unspecified atom stereocenters. The van der Waals surface area contributed by atoms with Crippen molar-refractivity contribution in [2.75, 3.05) is 39.3 Å². The lowest BCUT2D eigenvalue weighted by atomic mass is 9.97. The maximum atomic E-state index is 5.96. The minimum absolute atomic E-state index is 0.553. The van der Waals surface area contributed by atoms with Crippen molar-refractivity contribution in [3.8, 4) is 0 Å². The number of nitrogens with zero attached hydrogens (tertiary/aromatic N) is 2. The molecule has 0 aromatic carbocycles. The summed E-state index contributed by atoms with van der Waals surface area (Å²) in [5.41, 5.74) is 5.96. The fourth-order valence-electron chi connectivity index (χ4n) is 2.61. The minimum atomic E-state index is 0.553. The molecule has 0 heterocycles. The van der Waals surface area contributed by atoms with Gasteiger partial charge in [-0.05, 0) is 45.1 Å². The molecule has 0 aliphatic heterocycles. The van der Waals surface area contributed by atoms with Crippen LogP contribution in [-0.4, -0.2) is 55.1 Å². The quantitative estimate of drug-likeness (QED) is 0.617. The van der Waals surface area contributed by atoms with Crippen molar-refractivity contribution in [2.24, 2.45) is 11.7 Å². The summed E-state index contributed by atoms with van der Waals surface area (Å²) < 4.78 is 0. The SMILES string of the molecule is CCC(C)C(CN)N(CC)CCCN(CC)CC. The molecule has 0 aliphatic carbocycles. The number of hydrogen-bond donors (Lipinski definition) is 1. The van der Waals surface area contributed by atoms with Crippen LogP contribution < -0.4 is 5.73 Å². The van der Waals surface area contributed by atoms with Gasteiger partial charge in [-0.15, -0.1) is 0 Å². The molecule has 0 bridgehead atoms. The second-order valence-electron chi connectivity index (χ2n) is 5.20. The van der Waals surface area contributed by atoms with Gasteiger partial charge in [0.15, 0.2) is 0 Å². The average molecular weight is 257 g/mol. The van der Waals surface area contributed by atoms with E-state index < -0.39 is 0 Å². The maximum Gasteiger partial charge on any atom is 0.0243 e. The van der Waals surface area contributed by atoms with Crippen LogP contribution in [0.4, 0.5) is 0 Å². The molecule has 0 aliphatic rings. The summed E-state index contributed by atoms with van der Waals surface area (Å²) in [6.45, 7) is 17.9. The van der Waals surface area contributed by atoms with Crippen LogP contribution in [0.2, 0.25) is 0 Å². The summed E-state index contributed by atoms with van der Waals surface area (Å²) in [6.07, 6.45) is 2.47. The van der Waals surface area contributed by atoms with Gasteiger partial charge >= 0.3 is 0 Å². The van der Waals surface area contributed by atoms with Crippen molar-refractivity contribution in [3.63, 3.8) is 0 Å². The summed E-state index contributed by atoms with van der Waals surface area (Å²) in [6, 6.07) is 0.553. The molecule has 0 fully saturated rings. The normalized spacial score (nSPS) is 15.3. The first kappa shape index (κ1) is 17.9. The Morgan fingerprint density at radius 2 is 1.56 bits per heavy atom. The third-order valence-electron chi connectivity index (χ3n) is 4.23. The van der Waals surface area contributed by atoms with Crippen LogP contribution in [0.25, 0.3) is 0 Å². The van der Waals surface area contributed by atoms with Crippen molar-refractivity contribution < 1.29 is 0 Å². The number of rotatable bonds is 11. The van der Waals surface area contributed by atoms with Gasteiger partial charge in [0.2, 0.25) is 0 Å². The summed E-state index contributed by atoms with van der Waals surface area (Å²) in [5.74, 6) is 0.698. The molecule has 3 nitrogen and oxygen atoms in total. The van der Waals surface area contributed by atoms with E-state index in [1.54, 1.807) is 0 Å². The van der Waals surface area contributed by atoms with Crippen LogP contribution in [-0.2, 0) is 0 Å². The zero-order chi connectivity index (χ0) is 14.0. The average Bonchev–Trinajstić information content (AvgIpc) is 2.41. The zero-order valence-electron chi connectivity index (χ0n) is 13.3. The smallest absolute Gasteiger partial charge is 0.0243 e. The number of hydrogen-bond acceptors (Lipinski definition) is 3. The highest BCUT2D eigenvalue weighted by atomic mass is 15.2. The third-order valence-corrected chi connectivity index (χ3v) is 4.23. The minimum Gasteiger partial charge on any atom is -0.329 e. The predicted octanol–water partition coefficient (Wildman–Crippen LogP) is 2.41. The molecule has 0 aromatic heterocycles. The molecule has 2 atom stereocenters. The van der Waals surface area contributed by atoms with E-state index in [9.17, 15) is 0 Å². The Kier molecular flexibility index (Phi) is 10.7. The second-order valence-corrected chi connectivity index (χ2v) is 5.20. The standard InChI is InChI=1S/C15H35N3/c1-6-14(5)15(13-16)18(9-4)12-10-11-17(7-2)8-3/h14-15H,6-13,16H2,1-5H3. The first-order valence-electron chi connectivity index (χ1n) is 7.80. The van der Waals surface area contributed by atoms with Gasteiger partial charge < -0.3 is 10.6 Å². The van der Waals surface area contributed by atoms with Crippen molar-refractivity contribution in [1.82, 2.24) is 9.80 Å². The topological polar surface area (TPSA) is 32.5 Å². The molecule has 110 valence electrons.